The highest BCUT2D eigenvalue weighted by Gasteiger charge is 2.15. The second-order valence-electron chi connectivity index (χ2n) is 6.35. The van der Waals surface area contributed by atoms with Crippen LogP contribution in [0.5, 0.6) is 0 Å². The van der Waals surface area contributed by atoms with Crippen molar-refractivity contribution in [3.05, 3.63) is 71.4 Å². The molecule has 7 heteroatoms. The maximum absolute atomic E-state index is 12.6. The number of nitrogens with zero attached hydrogens (tertiary/aromatic N) is 2. The number of hydrogen-bond donors (Lipinski definition) is 2. The molecule has 3 rings (SSSR count). The smallest absolute Gasteiger partial charge is 0.323 e. The highest BCUT2D eigenvalue weighted by Crippen LogP contribution is 2.24. The highest BCUT2D eigenvalue weighted by atomic mass is 16.4. The maximum Gasteiger partial charge on any atom is 0.323 e. The van der Waals surface area contributed by atoms with Gasteiger partial charge in [0.05, 0.1) is 5.69 Å². The van der Waals surface area contributed by atoms with Crippen LogP contribution in [0, 0.1) is 11.3 Å². The van der Waals surface area contributed by atoms with E-state index in [1.54, 1.807) is 59.3 Å². The Kier molecular flexibility index (Phi) is 5.56. The third-order valence-electron chi connectivity index (χ3n) is 4.34. The van der Waals surface area contributed by atoms with Gasteiger partial charge in [-0.1, -0.05) is 30.3 Å². The van der Waals surface area contributed by atoms with Gasteiger partial charge in [-0.2, -0.15) is 5.26 Å². The van der Waals surface area contributed by atoms with Gasteiger partial charge in [-0.05, 0) is 31.2 Å². The van der Waals surface area contributed by atoms with Crippen molar-refractivity contribution in [1.82, 2.24) is 4.57 Å². The van der Waals surface area contributed by atoms with Crippen LogP contribution in [0.15, 0.2) is 60.3 Å². The van der Waals surface area contributed by atoms with Crippen LogP contribution in [0.1, 0.15) is 22.8 Å². The Morgan fingerprint density at radius 1 is 1.14 bits per heavy atom. The van der Waals surface area contributed by atoms with Crippen molar-refractivity contribution >= 4 is 40.3 Å². The molecule has 2 N–H and O–H groups in total. The SMILES string of the molecule is CC(=O)c1ccccc1NC(=O)/C(C#N)=C/c1cn(CC(=O)O)c2ccccc12. The maximum atomic E-state index is 12.6. The average Bonchev–Trinajstić information content (AvgIpc) is 3.03. The van der Waals surface area contributed by atoms with E-state index in [1.807, 2.05) is 6.07 Å². The standard InChI is InChI=1S/C22H17N3O4/c1-14(26)17-6-2-4-8-19(17)24-22(29)15(11-23)10-16-12-25(13-21(27)28)20-9-5-3-7-18(16)20/h2-10,12H,13H2,1H3,(H,24,29)(H,27,28)/b15-10+. The lowest BCUT2D eigenvalue weighted by atomic mass is 10.1. The van der Waals surface area contributed by atoms with Gasteiger partial charge in [0.1, 0.15) is 18.2 Å². The first kappa shape index (κ1) is 19.6. The Morgan fingerprint density at radius 2 is 1.83 bits per heavy atom. The molecule has 0 unspecified atom stereocenters. The molecule has 0 saturated heterocycles. The number of aromatic nitrogens is 1. The van der Waals surface area contributed by atoms with Crippen LogP contribution in [0.3, 0.4) is 0 Å². The number of Topliss-reactive ketones (excluding diaryl/α,β-unsaturated/α-hetero) is 1. The molecule has 0 aliphatic heterocycles. The number of nitrogens with one attached hydrogen (secondary N) is 1. The molecule has 0 radical (unpaired) electrons. The second-order valence-corrected chi connectivity index (χ2v) is 6.35. The number of carboxylic acids is 1. The van der Waals surface area contributed by atoms with Gasteiger partial charge < -0.3 is 15.0 Å². The number of carbonyl (C=O) groups is 3. The average molecular weight is 387 g/mol. The van der Waals surface area contributed by atoms with E-state index in [9.17, 15) is 19.6 Å². The predicted octanol–water partition coefficient (Wildman–Crippen LogP) is 3.47. The first-order chi connectivity index (χ1) is 13.9. The minimum Gasteiger partial charge on any atom is -0.480 e. The van der Waals surface area contributed by atoms with Gasteiger partial charge in [0.25, 0.3) is 5.91 Å². The van der Waals surface area contributed by atoms with E-state index in [-0.39, 0.29) is 17.9 Å². The van der Waals surface area contributed by atoms with Crippen molar-refractivity contribution in [3.8, 4) is 6.07 Å². The quantitative estimate of drug-likeness (QED) is 0.382. The fourth-order valence-corrected chi connectivity index (χ4v) is 3.06. The molecule has 0 spiro atoms. The number of rotatable bonds is 6. The first-order valence-corrected chi connectivity index (χ1v) is 8.73. The molecule has 1 amide bonds. The summed E-state index contributed by atoms with van der Waals surface area (Å²) >= 11 is 0. The zero-order valence-electron chi connectivity index (χ0n) is 15.5. The lowest BCUT2D eigenvalue weighted by molar-refractivity contribution is -0.137. The van der Waals surface area contributed by atoms with E-state index in [1.165, 1.54) is 13.0 Å². The van der Waals surface area contributed by atoms with E-state index in [0.29, 0.717) is 22.3 Å². The Labute approximate surface area is 166 Å². The Morgan fingerprint density at radius 3 is 2.52 bits per heavy atom. The summed E-state index contributed by atoms with van der Waals surface area (Å²) in [6, 6.07) is 15.5. The van der Waals surface area contributed by atoms with Gasteiger partial charge in [0.2, 0.25) is 0 Å². The number of carbonyl (C=O) groups excluding carboxylic acids is 2. The van der Waals surface area contributed by atoms with Crippen LogP contribution < -0.4 is 5.32 Å². The van der Waals surface area contributed by atoms with Crippen molar-refractivity contribution in [2.45, 2.75) is 13.5 Å². The van der Waals surface area contributed by atoms with E-state index >= 15 is 0 Å². The normalized spacial score (nSPS) is 11.1. The molecule has 0 fully saturated rings. The van der Waals surface area contributed by atoms with Gasteiger partial charge in [-0.15, -0.1) is 0 Å². The molecular weight excluding hydrogens is 370 g/mol. The van der Waals surface area contributed by atoms with Crippen LogP contribution in [-0.2, 0) is 16.1 Å². The minimum absolute atomic E-state index is 0.165. The first-order valence-electron chi connectivity index (χ1n) is 8.73. The number of carboxylic acid groups (broad SMARTS) is 1. The number of anilines is 1. The van der Waals surface area contributed by atoms with Crippen LogP contribution in [0.25, 0.3) is 17.0 Å². The highest BCUT2D eigenvalue weighted by molar-refractivity contribution is 6.13. The lowest BCUT2D eigenvalue weighted by Gasteiger charge is -2.08. The Bertz CT molecular complexity index is 1200. The van der Waals surface area contributed by atoms with Gasteiger partial charge in [-0.25, -0.2) is 0 Å². The van der Waals surface area contributed by atoms with E-state index in [2.05, 4.69) is 5.32 Å². The molecule has 0 saturated carbocycles. The minimum atomic E-state index is -1.000. The van der Waals surface area contributed by atoms with Crippen molar-refractivity contribution < 1.29 is 19.5 Å². The summed E-state index contributed by atoms with van der Waals surface area (Å²) in [4.78, 5) is 35.5. The number of benzene rings is 2. The molecule has 7 nitrogen and oxygen atoms in total. The summed E-state index contributed by atoms with van der Waals surface area (Å²) in [7, 11) is 0. The number of para-hydroxylation sites is 2. The number of aliphatic carboxylic acids is 1. The van der Waals surface area contributed by atoms with Crippen LogP contribution >= 0.6 is 0 Å². The van der Waals surface area contributed by atoms with Crippen LogP contribution in [0.4, 0.5) is 5.69 Å². The van der Waals surface area contributed by atoms with Gasteiger partial charge in [0.15, 0.2) is 5.78 Å². The topological polar surface area (TPSA) is 112 Å². The monoisotopic (exact) mass is 387 g/mol. The molecule has 29 heavy (non-hydrogen) atoms. The molecule has 2 aromatic carbocycles. The van der Waals surface area contributed by atoms with E-state index in [4.69, 9.17) is 5.11 Å². The predicted molar refractivity (Wildman–Crippen MR) is 108 cm³/mol. The zero-order valence-corrected chi connectivity index (χ0v) is 15.5. The third kappa shape index (κ3) is 4.22. The fourth-order valence-electron chi connectivity index (χ4n) is 3.06. The Hall–Kier alpha value is -4.18. The molecule has 1 aromatic heterocycles. The molecule has 144 valence electrons. The fraction of sp³-hybridized carbons (Fsp3) is 0.0909. The van der Waals surface area contributed by atoms with E-state index < -0.39 is 11.9 Å². The van der Waals surface area contributed by atoms with Crippen molar-refractivity contribution in [3.63, 3.8) is 0 Å². The van der Waals surface area contributed by atoms with Gasteiger partial charge in [0, 0.05) is 28.2 Å². The molecule has 3 aromatic rings. The van der Waals surface area contributed by atoms with Crippen molar-refractivity contribution in [1.29, 1.82) is 5.26 Å². The molecular formula is C22H17N3O4. The third-order valence-corrected chi connectivity index (χ3v) is 4.34. The van der Waals surface area contributed by atoms with E-state index in [0.717, 1.165) is 5.39 Å². The lowest BCUT2D eigenvalue weighted by Crippen LogP contribution is -2.15. The molecule has 0 aliphatic carbocycles. The number of fused-ring (bicyclic) bond motifs is 1. The molecule has 1 heterocycles. The molecule has 0 bridgehead atoms. The molecule has 0 atom stereocenters. The summed E-state index contributed by atoms with van der Waals surface area (Å²) in [6.07, 6.45) is 3.00. The number of nitriles is 1. The number of hydrogen-bond acceptors (Lipinski definition) is 4. The number of amides is 1. The Balaban J connectivity index is 1.99. The summed E-state index contributed by atoms with van der Waals surface area (Å²) < 4.78 is 1.54. The number of ketones is 1. The summed E-state index contributed by atoms with van der Waals surface area (Å²) in [6.45, 7) is 1.15. The second kappa shape index (κ2) is 8.23. The summed E-state index contributed by atoms with van der Waals surface area (Å²) in [5.74, 6) is -1.86. The van der Waals surface area contributed by atoms with Crippen LogP contribution in [0.2, 0.25) is 0 Å². The van der Waals surface area contributed by atoms with Crippen molar-refractivity contribution in [2.24, 2.45) is 0 Å². The van der Waals surface area contributed by atoms with Crippen LogP contribution in [-0.4, -0.2) is 27.3 Å². The summed E-state index contributed by atoms with van der Waals surface area (Å²) in [5.41, 5.74) is 1.73. The van der Waals surface area contributed by atoms with Gasteiger partial charge >= 0.3 is 5.97 Å². The van der Waals surface area contributed by atoms with Gasteiger partial charge in [-0.3, -0.25) is 14.4 Å². The zero-order chi connectivity index (χ0) is 21.0. The molecule has 0 aliphatic rings. The largest absolute Gasteiger partial charge is 0.480 e. The van der Waals surface area contributed by atoms with Crippen molar-refractivity contribution in [2.75, 3.05) is 5.32 Å². The summed E-state index contributed by atoms with van der Waals surface area (Å²) in [5, 5.41) is 21.9.